The maximum atomic E-state index is 2.44. The van der Waals surface area contributed by atoms with E-state index in [4.69, 9.17) is 0 Å². The highest BCUT2D eigenvalue weighted by molar-refractivity contribution is 4.69. The Hall–Kier alpha value is 0. The van der Waals surface area contributed by atoms with Crippen molar-refractivity contribution in [2.45, 2.75) is 71.6 Å². The van der Waals surface area contributed by atoms with E-state index in [0.29, 0.717) is 5.41 Å². The van der Waals surface area contributed by atoms with Crippen LogP contribution < -0.4 is 0 Å². The molecule has 1 aliphatic rings. The maximum absolute atomic E-state index is 2.44. The summed E-state index contributed by atoms with van der Waals surface area (Å²) in [6.07, 6.45) is 13.2. The first kappa shape index (κ1) is 10.1. The molecule has 0 aromatic rings. The van der Waals surface area contributed by atoms with E-state index in [1.807, 2.05) is 0 Å². The van der Waals surface area contributed by atoms with Gasteiger partial charge in [-0.2, -0.15) is 0 Å². The predicted molar refractivity (Wildman–Crippen MR) is 55.3 cm³/mol. The van der Waals surface area contributed by atoms with Crippen LogP contribution >= 0.6 is 0 Å². The van der Waals surface area contributed by atoms with Crippen LogP contribution in [0.3, 0.4) is 0 Å². The summed E-state index contributed by atoms with van der Waals surface area (Å²) in [6, 6.07) is 0. The second-order valence-corrected chi connectivity index (χ2v) is 5.14. The minimum absolute atomic E-state index is 0.636. The van der Waals surface area contributed by atoms with Crippen molar-refractivity contribution in [3.63, 3.8) is 0 Å². The Bertz CT molecular complexity index is 101. The third-order valence-electron chi connectivity index (χ3n) is 3.21. The van der Waals surface area contributed by atoms with Crippen molar-refractivity contribution in [1.82, 2.24) is 0 Å². The Labute approximate surface area is 77.7 Å². The molecular weight excluding hydrogens is 144 g/mol. The van der Waals surface area contributed by atoms with Crippen molar-refractivity contribution in [1.29, 1.82) is 0 Å². The molecule has 0 heterocycles. The molecule has 0 nitrogen and oxygen atoms in total. The summed E-state index contributed by atoms with van der Waals surface area (Å²) in [5, 5.41) is 0. The van der Waals surface area contributed by atoms with Gasteiger partial charge >= 0.3 is 0 Å². The van der Waals surface area contributed by atoms with Gasteiger partial charge in [-0.1, -0.05) is 58.8 Å². The monoisotopic (exact) mass is 168 g/mol. The molecule has 0 atom stereocenters. The highest BCUT2D eigenvalue weighted by atomic mass is 14.2. The first-order valence-electron chi connectivity index (χ1n) is 5.71. The molecule has 0 unspecified atom stereocenters. The smallest absolute Gasteiger partial charge is 0.0354 e. The molecule has 0 aliphatic heterocycles. The fraction of sp³-hybridized carbons (Fsp3) is 1.00. The zero-order chi connectivity index (χ0) is 8.86. The van der Waals surface area contributed by atoms with Gasteiger partial charge < -0.3 is 0 Å². The molecule has 1 saturated carbocycles. The molecule has 0 aromatic carbocycles. The zero-order valence-electron chi connectivity index (χ0n) is 8.86. The van der Waals surface area contributed by atoms with Crippen LogP contribution in [0.1, 0.15) is 71.6 Å². The van der Waals surface area contributed by atoms with Crippen LogP contribution in [0.25, 0.3) is 0 Å². The highest BCUT2D eigenvalue weighted by Gasteiger charge is 2.16. The largest absolute Gasteiger partial charge is 0.0599 e. The van der Waals surface area contributed by atoms with Crippen molar-refractivity contribution in [2.75, 3.05) is 0 Å². The number of hydrogen-bond donors (Lipinski definition) is 0. The Kier molecular flexibility index (Phi) is 4.11. The SMILES string of the molecule is CC1(C)CCCCCCCCC1. The lowest BCUT2D eigenvalue weighted by atomic mass is 9.81. The molecule has 12 heavy (non-hydrogen) atoms. The van der Waals surface area contributed by atoms with Gasteiger partial charge in [-0.05, 0) is 18.3 Å². The Morgan fingerprint density at radius 1 is 0.583 bits per heavy atom. The van der Waals surface area contributed by atoms with Crippen LogP contribution in [0.15, 0.2) is 0 Å². The van der Waals surface area contributed by atoms with Crippen molar-refractivity contribution in [3.05, 3.63) is 0 Å². The van der Waals surface area contributed by atoms with E-state index in [2.05, 4.69) is 13.8 Å². The fourth-order valence-corrected chi connectivity index (χ4v) is 2.22. The van der Waals surface area contributed by atoms with Gasteiger partial charge in [-0.3, -0.25) is 0 Å². The fourth-order valence-electron chi connectivity index (χ4n) is 2.22. The van der Waals surface area contributed by atoms with Crippen molar-refractivity contribution in [2.24, 2.45) is 5.41 Å². The van der Waals surface area contributed by atoms with Crippen molar-refractivity contribution >= 4 is 0 Å². The average molecular weight is 168 g/mol. The Balaban J connectivity index is 2.27. The summed E-state index contributed by atoms with van der Waals surface area (Å²) in [7, 11) is 0. The van der Waals surface area contributed by atoms with E-state index in [0.717, 1.165) is 0 Å². The van der Waals surface area contributed by atoms with Crippen LogP contribution in [0.2, 0.25) is 0 Å². The van der Waals surface area contributed by atoms with Gasteiger partial charge in [0.2, 0.25) is 0 Å². The van der Waals surface area contributed by atoms with Gasteiger partial charge in [0.15, 0.2) is 0 Å². The molecule has 1 rings (SSSR count). The molecule has 0 saturated heterocycles. The lowest BCUT2D eigenvalue weighted by molar-refractivity contribution is 0.275. The predicted octanol–water partition coefficient (Wildman–Crippen LogP) is 4.54. The Morgan fingerprint density at radius 2 is 0.917 bits per heavy atom. The first-order valence-corrected chi connectivity index (χ1v) is 5.71. The normalized spacial score (nSPS) is 26.5. The quantitative estimate of drug-likeness (QED) is 0.498. The van der Waals surface area contributed by atoms with Crippen LogP contribution in [0.4, 0.5) is 0 Å². The minimum atomic E-state index is 0.636. The lowest BCUT2D eigenvalue weighted by Gasteiger charge is -2.25. The zero-order valence-corrected chi connectivity index (χ0v) is 8.86. The molecule has 0 heteroatoms. The van der Waals surface area contributed by atoms with Gasteiger partial charge in [0.25, 0.3) is 0 Å². The van der Waals surface area contributed by atoms with Crippen LogP contribution in [-0.4, -0.2) is 0 Å². The van der Waals surface area contributed by atoms with Crippen LogP contribution in [-0.2, 0) is 0 Å². The van der Waals surface area contributed by atoms with Gasteiger partial charge in [0, 0.05) is 0 Å². The number of hydrogen-bond acceptors (Lipinski definition) is 0. The lowest BCUT2D eigenvalue weighted by Crippen LogP contribution is -2.11. The van der Waals surface area contributed by atoms with Crippen molar-refractivity contribution in [3.8, 4) is 0 Å². The molecule has 0 spiro atoms. The standard InChI is InChI=1S/C12H24/c1-12(2)10-8-6-4-3-5-7-9-11-12/h3-11H2,1-2H3. The summed E-state index contributed by atoms with van der Waals surface area (Å²) >= 11 is 0. The molecule has 0 radical (unpaired) electrons. The minimum Gasteiger partial charge on any atom is -0.0599 e. The van der Waals surface area contributed by atoms with E-state index in [1.54, 1.807) is 0 Å². The molecule has 0 amide bonds. The average Bonchev–Trinajstić information content (AvgIpc) is 2.02. The maximum Gasteiger partial charge on any atom is -0.0354 e. The number of rotatable bonds is 0. The third kappa shape index (κ3) is 4.13. The van der Waals surface area contributed by atoms with E-state index < -0.39 is 0 Å². The van der Waals surface area contributed by atoms with E-state index in [-0.39, 0.29) is 0 Å². The van der Waals surface area contributed by atoms with Crippen molar-refractivity contribution < 1.29 is 0 Å². The molecule has 0 N–H and O–H groups in total. The van der Waals surface area contributed by atoms with Crippen LogP contribution in [0, 0.1) is 5.41 Å². The summed E-state index contributed by atoms with van der Waals surface area (Å²) in [5.41, 5.74) is 0.636. The van der Waals surface area contributed by atoms with Gasteiger partial charge in [-0.15, -0.1) is 0 Å². The first-order chi connectivity index (χ1) is 5.71. The van der Waals surface area contributed by atoms with E-state index >= 15 is 0 Å². The Morgan fingerprint density at radius 3 is 1.33 bits per heavy atom. The second kappa shape index (κ2) is 4.89. The highest BCUT2D eigenvalue weighted by Crippen LogP contribution is 2.31. The molecule has 1 aliphatic carbocycles. The molecular formula is C12H24. The summed E-state index contributed by atoms with van der Waals surface area (Å²) < 4.78 is 0. The van der Waals surface area contributed by atoms with Gasteiger partial charge in [0.05, 0.1) is 0 Å². The van der Waals surface area contributed by atoms with E-state index in [9.17, 15) is 0 Å². The van der Waals surface area contributed by atoms with E-state index in [1.165, 1.54) is 57.8 Å². The summed E-state index contributed by atoms with van der Waals surface area (Å²) in [5.74, 6) is 0. The molecule has 72 valence electrons. The summed E-state index contributed by atoms with van der Waals surface area (Å²) in [4.78, 5) is 0. The van der Waals surface area contributed by atoms with Gasteiger partial charge in [0.1, 0.15) is 0 Å². The van der Waals surface area contributed by atoms with Crippen LogP contribution in [0.5, 0.6) is 0 Å². The topological polar surface area (TPSA) is 0 Å². The molecule has 0 aromatic heterocycles. The molecule has 1 fully saturated rings. The third-order valence-corrected chi connectivity index (χ3v) is 3.21. The second-order valence-electron chi connectivity index (χ2n) is 5.14. The molecule has 0 bridgehead atoms. The summed E-state index contributed by atoms with van der Waals surface area (Å²) in [6.45, 7) is 4.88. The van der Waals surface area contributed by atoms with Gasteiger partial charge in [-0.25, -0.2) is 0 Å².